The summed E-state index contributed by atoms with van der Waals surface area (Å²) in [5.41, 5.74) is 4.27. The van der Waals surface area contributed by atoms with Gasteiger partial charge in [-0.05, 0) is 31.2 Å². The molecule has 1 aromatic rings. The molecule has 16 heavy (non-hydrogen) atoms. The Hall–Kier alpha value is -1.77. The zero-order valence-electron chi connectivity index (χ0n) is 8.77. The summed E-state index contributed by atoms with van der Waals surface area (Å²) < 4.78 is 26.2. The summed E-state index contributed by atoms with van der Waals surface area (Å²) in [6.07, 6.45) is 5.05. The molecule has 0 aliphatic heterocycles. The molecule has 3 nitrogen and oxygen atoms in total. The fraction of sp³-hybridized carbons (Fsp3) is 0.0833. The van der Waals surface area contributed by atoms with Crippen LogP contribution in [0.2, 0.25) is 0 Å². The van der Waals surface area contributed by atoms with Crippen molar-refractivity contribution in [1.29, 1.82) is 0 Å². The first-order valence-electron chi connectivity index (χ1n) is 4.81. The predicted octanol–water partition coefficient (Wildman–Crippen LogP) is 1.88. The normalized spacial score (nSPS) is 13.9. The van der Waals surface area contributed by atoms with Gasteiger partial charge in [0.15, 0.2) is 0 Å². The Kier molecular flexibility index (Phi) is 2.69. The van der Waals surface area contributed by atoms with E-state index in [0.717, 1.165) is 5.56 Å². The molecule has 82 valence electrons. The lowest BCUT2D eigenvalue weighted by molar-refractivity contribution is 0.589. The first-order chi connectivity index (χ1) is 7.58. The number of nitrogens with one attached hydrogen (secondary N) is 1. The summed E-state index contributed by atoms with van der Waals surface area (Å²) in [6.45, 7) is 1.91. The van der Waals surface area contributed by atoms with Crippen LogP contribution in [-0.2, 0) is 10.0 Å². The maximum Gasteiger partial charge on any atom is 0.262 e. The van der Waals surface area contributed by atoms with Crippen molar-refractivity contribution in [2.24, 2.45) is 0 Å². The summed E-state index contributed by atoms with van der Waals surface area (Å²) >= 11 is 0. The highest BCUT2D eigenvalue weighted by Gasteiger charge is 2.14. The van der Waals surface area contributed by atoms with Gasteiger partial charge >= 0.3 is 0 Å². The van der Waals surface area contributed by atoms with Crippen molar-refractivity contribution in [2.45, 2.75) is 11.8 Å². The highest BCUT2D eigenvalue weighted by Crippen LogP contribution is 2.12. The van der Waals surface area contributed by atoms with Crippen molar-refractivity contribution in [3.05, 3.63) is 59.5 Å². The average Bonchev–Trinajstić information content (AvgIpc) is 2.70. The van der Waals surface area contributed by atoms with Crippen molar-refractivity contribution in [3.8, 4) is 0 Å². The van der Waals surface area contributed by atoms with Gasteiger partial charge in [-0.2, -0.15) is 0 Å². The van der Waals surface area contributed by atoms with E-state index in [1.807, 2.05) is 6.92 Å². The van der Waals surface area contributed by atoms with E-state index in [1.54, 1.807) is 42.5 Å². The van der Waals surface area contributed by atoms with Crippen LogP contribution >= 0.6 is 0 Å². The summed E-state index contributed by atoms with van der Waals surface area (Å²) in [4.78, 5) is 0.257. The number of benzene rings is 1. The molecule has 2 rings (SSSR count). The molecule has 1 aromatic carbocycles. The maximum absolute atomic E-state index is 11.9. The summed E-state index contributed by atoms with van der Waals surface area (Å²) in [7, 11) is -3.48. The molecular weight excluding hydrogens is 222 g/mol. The Bertz CT molecular complexity index is 588. The Morgan fingerprint density at radius 3 is 2.44 bits per heavy atom. The third-order valence-corrected chi connectivity index (χ3v) is 3.55. The SMILES string of the molecule is Cc1ccc(S(=O)(=O)NC2=C=CC=C2)cc1. The van der Waals surface area contributed by atoms with Crippen LogP contribution < -0.4 is 4.72 Å². The van der Waals surface area contributed by atoms with Gasteiger partial charge in [0.25, 0.3) is 10.0 Å². The van der Waals surface area contributed by atoms with Crippen molar-refractivity contribution in [2.75, 3.05) is 0 Å². The van der Waals surface area contributed by atoms with Crippen LogP contribution in [0.4, 0.5) is 0 Å². The predicted molar refractivity (Wildman–Crippen MR) is 62.2 cm³/mol. The van der Waals surface area contributed by atoms with E-state index in [4.69, 9.17) is 0 Å². The maximum atomic E-state index is 11.9. The molecule has 1 aliphatic rings. The van der Waals surface area contributed by atoms with E-state index < -0.39 is 10.0 Å². The molecule has 4 heteroatoms. The number of rotatable bonds is 3. The molecule has 0 saturated heterocycles. The first kappa shape index (κ1) is 10.7. The van der Waals surface area contributed by atoms with Crippen LogP contribution in [0.15, 0.2) is 58.8 Å². The average molecular weight is 233 g/mol. The summed E-state index contributed by atoms with van der Waals surface area (Å²) in [5.74, 6) is 0. The molecule has 0 amide bonds. The van der Waals surface area contributed by atoms with Crippen LogP contribution in [-0.4, -0.2) is 8.42 Å². The number of hydrogen-bond donors (Lipinski definition) is 1. The first-order valence-corrected chi connectivity index (χ1v) is 6.29. The highest BCUT2D eigenvalue weighted by atomic mass is 32.2. The summed E-state index contributed by atoms with van der Waals surface area (Å²) in [5, 5.41) is 0. The molecule has 0 atom stereocenters. The second-order valence-corrected chi connectivity index (χ2v) is 5.18. The van der Waals surface area contributed by atoms with E-state index in [9.17, 15) is 8.42 Å². The van der Waals surface area contributed by atoms with Gasteiger partial charge in [-0.25, -0.2) is 8.42 Å². The third kappa shape index (κ3) is 2.24. The highest BCUT2D eigenvalue weighted by molar-refractivity contribution is 7.89. The van der Waals surface area contributed by atoms with E-state index in [0.29, 0.717) is 5.70 Å². The minimum Gasteiger partial charge on any atom is -0.272 e. The van der Waals surface area contributed by atoms with Crippen molar-refractivity contribution in [3.63, 3.8) is 0 Å². The van der Waals surface area contributed by atoms with E-state index in [-0.39, 0.29) is 4.90 Å². The zero-order valence-corrected chi connectivity index (χ0v) is 9.58. The van der Waals surface area contributed by atoms with Crippen LogP contribution in [0.1, 0.15) is 5.56 Å². The Labute approximate surface area is 94.9 Å². The fourth-order valence-corrected chi connectivity index (χ4v) is 2.34. The van der Waals surface area contributed by atoms with E-state index in [2.05, 4.69) is 10.5 Å². The minimum atomic E-state index is -3.48. The van der Waals surface area contributed by atoms with Crippen LogP contribution in [0.3, 0.4) is 0 Å². The van der Waals surface area contributed by atoms with Gasteiger partial charge in [-0.1, -0.05) is 29.5 Å². The monoisotopic (exact) mass is 233 g/mol. The van der Waals surface area contributed by atoms with Gasteiger partial charge in [0.1, 0.15) is 0 Å². The van der Waals surface area contributed by atoms with Gasteiger partial charge in [0.05, 0.1) is 10.6 Å². The Balaban J connectivity index is 2.29. The number of hydrogen-bond acceptors (Lipinski definition) is 2. The Morgan fingerprint density at radius 1 is 1.19 bits per heavy atom. The molecule has 0 saturated carbocycles. The van der Waals surface area contributed by atoms with Crippen LogP contribution in [0, 0.1) is 6.92 Å². The molecule has 1 N–H and O–H groups in total. The largest absolute Gasteiger partial charge is 0.272 e. The lowest BCUT2D eigenvalue weighted by Gasteiger charge is -2.06. The van der Waals surface area contributed by atoms with Crippen molar-refractivity contribution >= 4 is 10.0 Å². The smallest absolute Gasteiger partial charge is 0.262 e. The number of sulfonamides is 1. The molecule has 0 bridgehead atoms. The van der Waals surface area contributed by atoms with Crippen LogP contribution in [0.5, 0.6) is 0 Å². The molecule has 0 aromatic heterocycles. The zero-order chi connectivity index (χ0) is 11.6. The number of aryl methyl sites for hydroxylation is 1. The lowest BCUT2D eigenvalue weighted by Crippen LogP contribution is -2.21. The van der Waals surface area contributed by atoms with Gasteiger partial charge in [0.2, 0.25) is 0 Å². The molecule has 0 spiro atoms. The molecule has 0 unspecified atom stereocenters. The van der Waals surface area contributed by atoms with E-state index in [1.165, 1.54) is 0 Å². The number of allylic oxidation sites excluding steroid dienone is 2. The second-order valence-electron chi connectivity index (χ2n) is 3.50. The molecular formula is C12H11NO2S. The fourth-order valence-electron chi connectivity index (χ4n) is 1.31. The molecule has 1 aliphatic carbocycles. The standard InChI is InChI=1S/C12H11NO2S/c1-10-6-8-12(9-7-10)16(14,15)13-11-4-2-3-5-11/h2-4,6-9,13H,1H3. The van der Waals surface area contributed by atoms with Gasteiger partial charge < -0.3 is 0 Å². The molecule has 0 heterocycles. The topological polar surface area (TPSA) is 46.2 Å². The lowest BCUT2D eigenvalue weighted by atomic mass is 10.2. The molecule has 0 radical (unpaired) electrons. The van der Waals surface area contributed by atoms with Gasteiger partial charge in [-0.15, -0.1) is 0 Å². The van der Waals surface area contributed by atoms with Crippen molar-refractivity contribution in [1.82, 2.24) is 4.72 Å². The summed E-state index contributed by atoms with van der Waals surface area (Å²) in [6, 6.07) is 6.70. The Morgan fingerprint density at radius 2 is 1.88 bits per heavy atom. The second kappa shape index (κ2) is 4.00. The third-order valence-electron chi connectivity index (χ3n) is 2.17. The quantitative estimate of drug-likeness (QED) is 0.810. The molecule has 0 fully saturated rings. The van der Waals surface area contributed by atoms with Crippen molar-refractivity contribution < 1.29 is 8.42 Å². The van der Waals surface area contributed by atoms with Gasteiger partial charge in [0, 0.05) is 0 Å². The minimum absolute atomic E-state index is 0.257. The van der Waals surface area contributed by atoms with E-state index >= 15 is 0 Å². The van der Waals surface area contributed by atoms with Gasteiger partial charge in [-0.3, -0.25) is 4.72 Å². The van der Waals surface area contributed by atoms with Crippen LogP contribution in [0.25, 0.3) is 0 Å².